The molecule has 0 amide bonds. The maximum Gasteiger partial charge on any atom is 0.306 e. The Morgan fingerprint density at radius 3 is 2.60 bits per heavy atom. The monoisotopic (exact) mass is 403 g/mol. The molecule has 1 fully saturated rings. The summed E-state index contributed by atoms with van der Waals surface area (Å²) >= 11 is 0. The van der Waals surface area contributed by atoms with Gasteiger partial charge in [-0.15, -0.1) is 0 Å². The lowest BCUT2D eigenvalue weighted by atomic mass is 9.85. The second kappa shape index (κ2) is 7.78. The molecule has 1 aromatic heterocycles. The molecule has 0 spiro atoms. The number of carboxylic acids is 1. The molecular weight excluding hydrogens is 374 g/mol. The number of benzene rings is 2. The summed E-state index contributed by atoms with van der Waals surface area (Å²) in [5.41, 5.74) is 6.13. The van der Waals surface area contributed by atoms with Gasteiger partial charge in [-0.3, -0.25) is 4.79 Å². The Hall–Kier alpha value is -2.82. The standard InChI is InChI=1S/C25H29N3O2/c1-16-7-12-20-21(26-16)13-14-22-24(20)27-23(15-17-5-3-2-4-6-17)28(22)19-10-8-18(9-11-19)25(29)30/h2-6,13-14,16,18-19,26H,7-12,15H2,1H3,(H,29,30)/t16-,18?,19?/m0/s1. The van der Waals surface area contributed by atoms with Crippen LogP contribution in [-0.4, -0.2) is 26.7 Å². The van der Waals surface area contributed by atoms with Crippen molar-refractivity contribution in [2.75, 3.05) is 5.32 Å². The van der Waals surface area contributed by atoms with E-state index in [0.717, 1.165) is 56.3 Å². The molecule has 2 N–H and O–H groups in total. The summed E-state index contributed by atoms with van der Waals surface area (Å²) < 4.78 is 2.43. The fourth-order valence-corrected chi connectivity index (χ4v) is 5.24. The Morgan fingerprint density at radius 2 is 1.87 bits per heavy atom. The number of hydrogen-bond donors (Lipinski definition) is 2. The van der Waals surface area contributed by atoms with Gasteiger partial charge in [0.15, 0.2) is 0 Å². The summed E-state index contributed by atoms with van der Waals surface area (Å²) in [6, 6.07) is 15.7. The minimum Gasteiger partial charge on any atom is -0.481 e. The number of fused-ring (bicyclic) bond motifs is 3. The van der Waals surface area contributed by atoms with E-state index >= 15 is 0 Å². The van der Waals surface area contributed by atoms with E-state index in [-0.39, 0.29) is 5.92 Å². The number of carbonyl (C=O) groups is 1. The van der Waals surface area contributed by atoms with Crippen molar-refractivity contribution in [3.05, 3.63) is 59.4 Å². The topological polar surface area (TPSA) is 67.2 Å². The SMILES string of the molecule is C[C@H]1CCc2c(ccc3c2nc(Cc2ccccc2)n3C2CCC(C(=O)O)CC2)N1. The predicted octanol–water partition coefficient (Wildman–Crippen LogP) is 5.19. The first-order chi connectivity index (χ1) is 14.6. The van der Waals surface area contributed by atoms with E-state index in [1.54, 1.807) is 0 Å². The van der Waals surface area contributed by atoms with Crippen LogP contribution >= 0.6 is 0 Å². The van der Waals surface area contributed by atoms with Gasteiger partial charge in [-0.2, -0.15) is 0 Å². The van der Waals surface area contributed by atoms with E-state index in [4.69, 9.17) is 4.98 Å². The molecule has 0 radical (unpaired) electrons. The largest absolute Gasteiger partial charge is 0.481 e. The van der Waals surface area contributed by atoms with Crippen molar-refractivity contribution in [3.63, 3.8) is 0 Å². The maximum absolute atomic E-state index is 11.4. The van der Waals surface area contributed by atoms with Crippen LogP contribution in [-0.2, 0) is 17.6 Å². The van der Waals surface area contributed by atoms with E-state index < -0.39 is 5.97 Å². The molecule has 1 atom stereocenters. The van der Waals surface area contributed by atoms with Gasteiger partial charge >= 0.3 is 5.97 Å². The maximum atomic E-state index is 11.4. The average molecular weight is 404 g/mol. The van der Waals surface area contributed by atoms with Crippen LogP contribution < -0.4 is 5.32 Å². The number of imidazole rings is 1. The average Bonchev–Trinajstić information content (AvgIpc) is 3.12. The number of carboxylic acid groups (broad SMARTS) is 1. The summed E-state index contributed by atoms with van der Waals surface area (Å²) in [5.74, 6) is 0.247. The van der Waals surface area contributed by atoms with Gasteiger partial charge in [0.1, 0.15) is 5.82 Å². The summed E-state index contributed by atoms with van der Waals surface area (Å²) in [5, 5.41) is 13.0. The molecule has 0 bridgehead atoms. The fourth-order valence-electron chi connectivity index (χ4n) is 5.24. The van der Waals surface area contributed by atoms with Crippen molar-refractivity contribution in [2.24, 2.45) is 5.92 Å². The summed E-state index contributed by atoms with van der Waals surface area (Å²) in [4.78, 5) is 16.6. The lowest BCUT2D eigenvalue weighted by molar-refractivity contribution is -0.143. The highest BCUT2D eigenvalue weighted by atomic mass is 16.4. The van der Waals surface area contributed by atoms with Crippen LogP contribution in [0.15, 0.2) is 42.5 Å². The minimum atomic E-state index is -0.650. The van der Waals surface area contributed by atoms with Crippen molar-refractivity contribution in [2.45, 2.75) is 64.0 Å². The molecular formula is C25H29N3O2. The smallest absolute Gasteiger partial charge is 0.306 e. The van der Waals surface area contributed by atoms with Crippen molar-refractivity contribution < 1.29 is 9.90 Å². The van der Waals surface area contributed by atoms with E-state index in [1.165, 1.54) is 22.3 Å². The summed E-state index contributed by atoms with van der Waals surface area (Å²) in [6.07, 6.45) is 6.26. The van der Waals surface area contributed by atoms with Crippen LogP contribution in [0, 0.1) is 5.92 Å². The zero-order chi connectivity index (χ0) is 20.7. The zero-order valence-corrected chi connectivity index (χ0v) is 17.5. The van der Waals surface area contributed by atoms with E-state index in [9.17, 15) is 9.90 Å². The number of nitrogens with one attached hydrogen (secondary N) is 1. The molecule has 2 heterocycles. The number of hydrogen-bond acceptors (Lipinski definition) is 3. The molecule has 5 nitrogen and oxygen atoms in total. The zero-order valence-electron chi connectivity index (χ0n) is 17.5. The van der Waals surface area contributed by atoms with Gasteiger partial charge in [0.25, 0.3) is 0 Å². The third-order valence-corrected chi connectivity index (χ3v) is 6.89. The Balaban J connectivity index is 1.58. The first kappa shape index (κ1) is 19.2. The highest BCUT2D eigenvalue weighted by Crippen LogP contribution is 2.38. The molecule has 1 saturated carbocycles. The molecule has 30 heavy (non-hydrogen) atoms. The van der Waals surface area contributed by atoms with Crippen molar-refractivity contribution in [3.8, 4) is 0 Å². The van der Waals surface area contributed by atoms with Crippen LogP contribution in [0.3, 0.4) is 0 Å². The third kappa shape index (κ3) is 3.47. The van der Waals surface area contributed by atoms with E-state index in [2.05, 4.69) is 53.2 Å². The van der Waals surface area contributed by atoms with Crippen molar-refractivity contribution >= 4 is 22.7 Å². The number of nitrogens with zero attached hydrogens (tertiary/aromatic N) is 2. The predicted molar refractivity (Wildman–Crippen MR) is 119 cm³/mol. The molecule has 156 valence electrons. The van der Waals surface area contributed by atoms with Crippen molar-refractivity contribution in [1.82, 2.24) is 9.55 Å². The Labute approximate surface area is 177 Å². The Morgan fingerprint density at radius 1 is 1.10 bits per heavy atom. The molecule has 5 rings (SSSR count). The second-order valence-electron chi connectivity index (χ2n) is 8.95. The minimum absolute atomic E-state index is 0.202. The first-order valence-corrected chi connectivity index (χ1v) is 11.2. The lowest BCUT2D eigenvalue weighted by Crippen LogP contribution is -2.24. The lowest BCUT2D eigenvalue weighted by Gasteiger charge is -2.29. The highest BCUT2D eigenvalue weighted by molar-refractivity contribution is 5.86. The fraction of sp³-hybridized carbons (Fsp3) is 0.440. The molecule has 3 aromatic rings. The van der Waals surface area contributed by atoms with Crippen LogP contribution in [0.5, 0.6) is 0 Å². The van der Waals surface area contributed by atoms with Gasteiger partial charge in [0, 0.05) is 29.8 Å². The molecule has 1 aliphatic carbocycles. The molecule has 2 aromatic carbocycles. The third-order valence-electron chi connectivity index (χ3n) is 6.89. The number of aryl methyl sites for hydroxylation is 1. The number of aromatic nitrogens is 2. The molecule has 0 unspecified atom stereocenters. The normalized spacial score (nSPS) is 23.7. The molecule has 5 heteroatoms. The van der Waals surface area contributed by atoms with Gasteiger partial charge in [0.05, 0.1) is 17.0 Å². The van der Waals surface area contributed by atoms with Crippen LogP contribution in [0.2, 0.25) is 0 Å². The molecule has 1 aliphatic heterocycles. The van der Waals surface area contributed by atoms with Gasteiger partial charge in [-0.1, -0.05) is 30.3 Å². The van der Waals surface area contributed by atoms with Crippen LogP contribution in [0.4, 0.5) is 5.69 Å². The van der Waals surface area contributed by atoms with Gasteiger partial charge in [0.2, 0.25) is 0 Å². The molecule has 2 aliphatic rings. The van der Waals surface area contributed by atoms with Crippen molar-refractivity contribution in [1.29, 1.82) is 0 Å². The van der Waals surface area contributed by atoms with Gasteiger partial charge < -0.3 is 15.0 Å². The molecule has 0 saturated heterocycles. The number of rotatable bonds is 4. The van der Waals surface area contributed by atoms with Gasteiger partial charge in [-0.25, -0.2) is 4.98 Å². The van der Waals surface area contributed by atoms with E-state index in [0.29, 0.717) is 12.1 Å². The van der Waals surface area contributed by atoms with E-state index in [1.807, 2.05) is 6.07 Å². The Kier molecular flexibility index (Phi) is 4.97. The summed E-state index contributed by atoms with van der Waals surface area (Å²) in [7, 11) is 0. The quantitative estimate of drug-likeness (QED) is 0.629. The summed E-state index contributed by atoms with van der Waals surface area (Å²) in [6.45, 7) is 2.23. The second-order valence-corrected chi connectivity index (χ2v) is 8.95. The first-order valence-electron chi connectivity index (χ1n) is 11.2. The number of aliphatic carboxylic acids is 1. The van der Waals surface area contributed by atoms with Crippen LogP contribution in [0.1, 0.15) is 62.0 Å². The Bertz CT molecular complexity index is 1060. The van der Waals surface area contributed by atoms with Crippen LogP contribution in [0.25, 0.3) is 11.0 Å². The number of anilines is 1. The highest BCUT2D eigenvalue weighted by Gasteiger charge is 2.30. The van der Waals surface area contributed by atoms with Gasteiger partial charge in [-0.05, 0) is 63.1 Å².